The van der Waals surface area contributed by atoms with Gasteiger partial charge in [-0.25, -0.2) is 4.79 Å². The summed E-state index contributed by atoms with van der Waals surface area (Å²) in [6.45, 7) is 2.52. The van der Waals surface area contributed by atoms with E-state index in [1.807, 2.05) is 0 Å². The Bertz CT molecular complexity index is 416. The summed E-state index contributed by atoms with van der Waals surface area (Å²) in [5.41, 5.74) is 0. The Morgan fingerprint density at radius 1 is 1.32 bits per heavy atom. The SMILES string of the molecule is CC=CC(=O)OCC(C)C(=O)OCCS(=O)(=O)O.N. The van der Waals surface area contributed by atoms with Crippen molar-refractivity contribution in [2.45, 2.75) is 13.8 Å². The molecule has 0 aromatic heterocycles. The second kappa shape index (κ2) is 9.48. The topological polar surface area (TPSA) is 142 Å². The molecule has 0 aliphatic rings. The minimum absolute atomic E-state index is 0. The molecule has 9 heteroatoms. The maximum Gasteiger partial charge on any atom is 0.330 e. The largest absolute Gasteiger partial charge is 0.464 e. The predicted octanol–water partition coefficient (Wildman–Crippen LogP) is 0.335. The molecular weight excluding hydrogens is 278 g/mol. The number of allylic oxidation sites excluding steroid dienone is 1. The van der Waals surface area contributed by atoms with Gasteiger partial charge in [-0.1, -0.05) is 6.08 Å². The van der Waals surface area contributed by atoms with E-state index in [2.05, 4.69) is 4.74 Å². The highest BCUT2D eigenvalue weighted by atomic mass is 32.2. The van der Waals surface area contributed by atoms with Gasteiger partial charge in [-0.05, 0) is 13.8 Å². The van der Waals surface area contributed by atoms with Crippen molar-refractivity contribution in [1.29, 1.82) is 0 Å². The summed E-state index contributed by atoms with van der Waals surface area (Å²) in [4.78, 5) is 22.2. The normalized spacial score (nSPS) is 12.6. The van der Waals surface area contributed by atoms with Crippen molar-refractivity contribution in [3.05, 3.63) is 12.2 Å². The Balaban J connectivity index is 0. The molecule has 1 atom stereocenters. The van der Waals surface area contributed by atoms with Crippen LogP contribution < -0.4 is 6.15 Å². The minimum atomic E-state index is -4.15. The molecule has 0 saturated carbocycles. The number of esters is 2. The molecule has 0 saturated heterocycles. The lowest BCUT2D eigenvalue weighted by atomic mass is 10.2. The Labute approximate surface area is 112 Å². The molecule has 0 heterocycles. The van der Waals surface area contributed by atoms with Gasteiger partial charge in [-0.15, -0.1) is 0 Å². The zero-order valence-electron chi connectivity index (χ0n) is 10.9. The molecule has 0 aromatic carbocycles. The van der Waals surface area contributed by atoms with E-state index in [1.54, 1.807) is 6.92 Å². The average molecular weight is 297 g/mol. The van der Waals surface area contributed by atoms with Crippen molar-refractivity contribution >= 4 is 22.1 Å². The van der Waals surface area contributed by atoms with Gasteiger partial charge in [-0.3, -0.25) is 9.35 Å². The quantitative estimate of drug-likeness (QED) is 0.389. The van der Waals surface area contributed by atoms with Gasteiger partial charge in [0.05, 0.1) is 5.92 Å². The van der Waals surface area contributed by atoms with Crippen LogP contribution in [0.2, 0.25) is 0 Å². The second-order valence-electron chi connectivity index (χ2n) is 3.48. The van der Waals surface area contributed by atoms with Crippen molar-refractivity contribution < 1.29 is 32.0 Å². The minimum Gasteiger partial charge on any atom is -0.464 e. The molecule has 0 fully saturated rings. The van der Waals surface area contributed by atoms with E-state index in [0.29, 0.717) is 0 Å². The van der Waals surface area contributed by atoms with Gasteiger partial charge in [-0.2, -0.15) is 8.42 Å². The summed E-state index contributed by atoms with van der Waals surface area (Å²) in [7, 11) is -4.15. The standard InChI is InChI=1S/C10H16O7S.H3N/c1-3-4-9(11)17-7-8(2)10(12)16-5-6-18(13,14)15;/h3-4,8H,5-7H2,1-2H3,(H,13,14,15);1H3. The summed E-state index contributed by atoms with van der Waals surface area (Å²) in [6, 6.07) is 0. The fraction of sp³-hybridized carbons (Fsp3) is 0.600. The molecule has 8 nitrogen and oxygen atoms in total. The van der Waals surface area contributed by atoms with Gasteiger partial charge >= 0.3 is 11.9 Å². The second-order valence-corrected chi connectivity index (χ2v) is 5.06. The van der Waals surface area contributed by atoms with Crippen LogP contribution in [-0.2, 0) is 29.2 Å². The highest BCUT2D eigenvalue weighted by Crippen LogP contribution is 2.00. The molecule has 0 spiro atoms. The summed E-state index contributed by atoms with van der Waals surface area (Å²) in [5.74, 6) is -2.65. The van der Waals surface area contributed by atoms with Crippen LogP contribution in [-0.4, -0.2) is 43.9 Å². The molecule has 0 rings (SSSR count). The van der Waals surface area contributed by atoms with Gasteiger partial charge in [0.1, 0.15) is 19.0 Å². The zero-order valence-corrected chi connectivity index (χ0v) is 11.7. The summed E-state index contributed by atoms with van der Waals surface area (Å²) in [5, 5.41) is 0. The van der Waals surface area contributed by atoms with E-state index in [4.69, 9.17) is 9.29 Å². The van der Waals surface area contributed by atoms with Gasteiger partial charge in [0.15, 0.2) is 0 Å². The molecule has 0 aliphatic heterocycles. The first kappa shape index (κ1) is 19.9. The number of carbonyl (C=O) groups excluding carboxylic acids is 2. The Morgan fingerprint density at radius 2 is 1.89 bits per heavy atom. The average Bonchev–Trinajstić information content (AvgIpc) is 2.24. The maximum atomic E-state index is 11.3. The lowest BCUT2D eigenvalue weighted by Crippen LogP contribution is -2.23. The van der Waals surface area contributed by atoms with Gasteiger partial charge < -0.3 is 15.6 Å². The summed E-state index contributed by atoms with van der Waals surface area (Å²) < 4.78 is 38.4. The van der Waals surface area contributed by atoms with Crippen molar-refractivity contribution in [3.63, 3.8) is 0 Å². The Kier molecular flexibility index (Phi) is 9.92. The number of hydrogen-bond donors (Lipinski definition) is 2. The first-order valence-corrected chi connectivity index (χ1v) is 6.78. The lowest BCUT2D eigenvalue weighted by Gasteiger charge is -2.10. The molecule has 0 bridgehead atoms. The van der Waals surface area contributed by atoms with Gasteiger partial charge in [0.2, 0.25) is 0 Å². The monoisotopic (exact) mass is 297 g/mol. The third-order valence-corrected chi connectivity index (χ3v) is 2.45. The van der Waals surface area contributed by atoms with Crippen molar-refractivity contribution in [2.24, 2.45) is 5.92 Å². The molecule has 0 amide bonds. The van der Waals surface area contributed by atoms with Crippen LogP contribution in [0, 0.1) is 5.92 Å². The van der Waals surface area contributed by atoms with E-state index < -0.39 is 40.3 Å². The Morgan fingerprint density at radius 3 is 2.37 bits per heavy atom. The lowest BCUT2D eigenvalue weighted by molar-refractivity contribution is -0.151. The molecule has 0 aliphatic carbocycles. The van der Waals surface area contributed by atoms with Crippen LogP contribution in [0.3, 0.4) is 0 Å². The van der Waals surface area contributed by atoms with E-state index >= 15 is 0 Å². The van der Waals surface area contributed by atoms with E-state index in [0.717, 1.165) is 0 Å². The highest BCUT2D eigenvalue weighted by molar-refractivity contribution is 7.85. The van der Waals surface area contributed by atoms with Gasteiger partial charge in [0.25, 0.3) is 10.1 Å². The van der Waals surface area contributed by atoms with Crippen molar-refractivity contribution in [1.82, 2.24) is 6.15 Å². The van der Waals surface area contributed by atoms with Crippen LogP contribution in [0.15, 0.2) is 12.2 Å². The molecule has 4 N–H and O–H groups in total. The number of ether oxygens (including phenoxy) is 2. The van der Waals surface area contributed by atoms with E-state index in [-0.39, 0.29) is 12.8 Å². The van der Waals surface area contributed by atoms with Crippen LogP contribution in [0.25, 0.3) is 0 Å². The fourth-order valence-electron chi connectivity index (χ4n) is 0.849. The van der Waals surface area contributed by atoms with Crippen LogP contribution in [0.1, 0.15) is 13.8 Å². The Hall–Kier alpha value is -1.45. The van der Waals surface area contributed by atoms with Crippen LogP contribution in [0.4, 0.5) is 0 Å². The van der Waals surface area contributed by atoms with Crippen molar-refractivity contribution in [3.8, 4) is 0 Å². The van der Waals surface area contributed by atoms with Crippen LogP contribution in [0.5, 0.6) is 0 Å². The molecule has 1 unspecified atom stereocenters. The van der Waals surface area contributed by atoms with E-state index in [9.17, 15) is 18.0 Å². The number of rotatable bonds is 7. The summed E-state index contributed by atoms with van der Waals surface area (Å²) >= 11 is 0. The zero-order chi connectivity index (χ0) is 14.2. The molecular formula is C10H19NO7S. The smallest absolute Gasteiger partial charge is 0.330 e. The third-order valence-electron chi connectivity index (χ3n) is 1.77. The number of carbonyl (C=O) groups is 2. The van der Waals surface area contributed by atoms with E-state index in [1.165, 1.54) is 19.1 Å². The fourth-order valence-corrected chi connectivity index (χ4v) is 1.14. The van der Waals surface area contributed by atoms with Crippen molar-refractivity contribution in [2.75, 3.05) is 19.0 Å². The predicted molar refractivity (Wildman–Crippen MR) is 67.3 cm³/mol. The summed E-state index contributed by atoms with van der Waals surface area (Å²) in [6.07, 6.45) is 2.70. The first-order chi connectivity index (χ1) is 8.26. The molecule has 112 valence electrons. The van der Waals surface area contributed by atoms with Crippen LogP contribution >= 0.6 is 0 Å². The molecule has 19 heavy (non-hydrogen) atoms. The molecule has 0 radical (unpaired) electrons. The highest BCUT2D eigenvalue weighted by Gasteiger charge is 2.17. The third kappa shape index (κ3) is 11.4. The maximum absolute atomic E-state index is 11.3. The first-order valence-electron chi connectivity index (χ1n) is 5.17. The van der Waals surface area contributed by atoms with Gasteiger partial charge in [0, 0.05) is 6.08 Å². The number of hydrogen-bond acceptors (Lipinski definition) is 7. The molecule has 0 aromatic rings.